The molecule has 1 amide bonds. The van der Waals surface area contributed by atoms with E-state index in [1.165, 1.54) is 21.3 Å². The average molecular weight is 329 g/mol. The van der Waals surface area contributed by atoms with Gasteiger partial charge in [-0.05, 0) is 0 Å². The zero-order valence-electron chi connectivity index (χ0n) is 12.5. The Bertz CT molecular complexity index is 698. The van der Waals surface area contributed by atoms with Gasteiger partial charge in [0, 0.05) is 13.1 Å². The minimum Gasteiger partial charge on any atom is -0.495 e. The molecule has 0 bridgehead atoms. The topological polar surface area (TPSA) is 96.0 Å². The lowest BCUT2D eigenvalue weighted by Gasteiger charge is -2.17. The molecule has 1 aromatic carbocycles. The fourth-order valence-corrected chi connectivity index (χ4v) is 2.29. The molecule has 8 heteroatoms. The molecule has 0 saturated carbocycles. The van der Waals surface area contributed by atoms with Gasteiger partial charge in [0.15, 0.2) is 17.2 Å². The first-order valence-electron chi connectivity index (χ1n) is 6.46. The maximum Gasteiger partial charge on any atom is 0.258 e. The molecule has 0 saturated heterocycles. The third-order valence-electron chi connectivity index (χ3n) is 3.05. The van der Waals surface area contributed by atoms with Crippen LogP contribution in [0.2, 0.25) is 0 Å². The van der Waals surface area contributed by atoms with E-state index >= 15 is 0 Å². The van der Waals surface area contributed by atoms with Crippen LogP contribution in [-0.4, -0.2) is 39.7 Å². The van der Waals surface area contributed by atoms with Crippen molar-refractivity contribution >= 4 is 34.4 Å². The van der Waals surface area contributed by atoms with Crippen molar-refractivity contribution in [1.82, 2.24) is 5.32 Å². The van der Waals surface area contributed by atoms with E-state index in [2.05, 4.69) is 5.32 Å². The van der Waals surface area contributed by atoms with Gasteiger partial charge in [0.1, 0.15) is 17.9 Å². The van der Waals surface area contributed by atoms with E-state index in [1.807, 2.05) is 0 Å². The summed E-state index contributed by atoms with van der Waals surface area (Å²) in [6, 6.07) is 1.56. The van der Waals surface area contributed by atoms with Crippen molar-refractivity contribution in [1.29, 1.82) is 0 Å². The second-order valence-electron chi connectivity index (χ2n) is 4.28. The number of methoxy groups -OCH3 is 2. The van der Waals surface area contributed by atoms with E-state index < -0.39 is 0 Å². The van der Waals surface area contributed by atoms with Crippen LogP contribution in [0.5, 0.6) is 17.2 Å². The summed E-state index contributed by atoms with van der Waals surface area (Å²) in [4.78, 5) is 12.3. The highest BCUT2D eigenvalue weighted by Crippen LogP contribution is 2.47. The zero-order valence-corrected chi connectivity index (χ0v) is 13.2. The van der Waals surface area contributed by atoms with Gasteiger partial charge in [0.05, 0.1) is 25.5 Å². The number of nitrogens with two attached hydrogens (primary N) is 1. The van der Waals surface area contributed by atoms with Gasteiger partial charge in [-0.2, -0.15) is 0 Å². The van der Waals surface area contributed by atoms with Crippen LogP contribution in [0.3, 0.4) is 0 Å². The molecule has 3 N–H and O–H groups in total. The number of hydrogen-bond donors (Lipinski definition) is 2. The van der Waals surface area contributed by atoms with Crippen LogP contribution in [0.4, 0.5) is 5.88 Å². The highest BCUT2D eigenvalue weighted by Gasteiger charge is 2.29. The molecule has 0 radical (unpaired) electrons. The van der Waals surface area contributed by atoms with Crippen molar-refractivity contribution in [2.75, 3.05) is 39.5 Å². The van der Waals surface area contributed by atoms with Crippen LogP contribution in [0.1, 0.15) is 10.4 Å². The van der Waals surface area contributed by atoms with E-state index in [-0.39, 0.29) is 41.3 Å². The zero-order chi connectivity index (χ0) is 16.3. The molecule has 120 valence electrons. The first kappa shape index (κ1) is 16.1. The molecule has 7 nitrogen and oxygen atoms in total. The number of hydrogen-bond acceptors (Lipinski definition) is 6. The number of amides is 1. The summed E-state index contributed by atoms with van der Waals surface area (Å²) in [5.74, 6) is 0.778. The van der Waals surface area contributed by atoms with Crippen LogP contribution in [0.25, 0.3) is 11.0 Å². The van der Waals surface area contributed by atoms with Crippen molar-refractivity contribution in [3.63, 3.8) is 0 Å². The summed E-state index contributed by atoms with van der Waals surface area (Å²) >= 11 is 5.67. The Balaban J connectivity index is 2.86. The SMILES string of the molecule is CNC(=O)c1c(OCCCl)c(OC)c2oc(N)cc2c1OC. The molecule has 0 aliphatic rings. The van der Waals surface area contributed by atoms with Crippen LogP contribution >= 0.6 is 11.6 Å². The fourth-order valence-electron chi connectivity index (χ4n) is 2.21. The molecule has 0 aliphatic heterocycles. The number of ether oxygens (including phenoxy) is 3. The minimum atomic E-state index is -0.388. The van der Waals surface area contributed by atoms with Gasteiger partial charge < -0.3 is 29.7 Å². The predicted octanol–water partition coefficient (Wildman–Crippen LogP) is 2.01. The highest BCUT2D eigenvalue weighted by atomic mass is 35.5. The van der Waals surface area contributed by atoms with E-state index in [4.69, 9.17) is 36.0 Å². The summed E-state index contributed by atoms with van der Waals surface area (Å²) < 4.78 is 21.8. The van der Waals surface area contributed by atoms with Crippen molar-refractivity contribution in [3.8, 4) is 17.2 Å². The van der Waals surface area contributed by atoms with E-state index in [1.54, 1.807) is 6.07 Å². The molecular weight excluding hydrogens is 312 g/mol. The second kappa shape index (κ2) is 6.65. The number of nitrogen functional groups attached to an aromatic ring is 1. The molecule has 0 fully saturated rings. The van der Waals surface area contributed by atoms with E-state index in [9.17, 15) is 4.79 Å². The number of alkyl halides is 1. The van der Waals surface area contributed by atoms with Gasteiger partial charge in [-0.25, -0.2) is 0 Å². The maximum absolute atomic E-state index is 12.3. The number of carbonyl (C=O) groups excluding carboxylic acids is 1. The average Bonchev–Trinajstić information content (AvgIpc) is 2.91. The molecule has 1 aromatic heterocycles. The highest BCUT2D eigenvalue weighted by molar-refractivity contribution is 6.18. The minimum absolute atomic E-state index is 0.170. The number of benzene rings is 1. The van der Waals surface area contributed by atoms with Gasteiger partial charge in [0.2, 0.25) is 5.75 Å². The van der Waals surface area contributed by atoms with Crippen molar-refractivity contribution in [2.45, 2.75) is 0 Å². The number of anilines is 1. The predicted molar refractivity (Wildman–Crippen MR) is 83.3 cm³/mol. The Kier molecular flexibility index (Phi) is 4.87. The first-order valence-corrected chi connectivity index (χ1v) is 7.00. The van der Waals surface area contributed by atoms with E-state index in [0.717, 1.165) is 0 Å². The van der Waals surface area contributed by atoms with Crippen LogP contribution in [0.15, 0.2) is 10.5 Å². The summed E-state index contributed by atoms with van der Waals surface area (Å²) in [6.45, 7) is 0.187. The number of carbonyl (C=O) groups is 1. The summed E-state index contributed by atoms with van der Waals surface area (Å²) in [5, 5.41) is 3.07. The van der Waals surface area contributed by atoms with Crippen LogP contribution in [0, 0.1) is 0 Å². The normalized spacial score (nSPS) is 10.5. The van der Waals surface area contributed by atoms with Crippen molar-refractivity contribution < 1.29 is 23.4 Å². The van der Waals surface area contributed by atoms with Crippen LogP contribution in [-0.2, 0) is 0 Å². The fraction of sp³-hybridized carbons (Fsp3) is 0.357. The van der Waals surface area contributed by atoms with Crippen LogP contribution < -0.4 is 25.3 Å². The largest absolute Gasteiger partial charge is 0.495 e. The summed E-state index contributed by atoms with van der Waals surface area (Å²) in [7, 11) is 4.40. The molecule has 2 rings (SSSR count). The standard InChI is InChI=1S/C14H17ClN2O5/c1-17-14(18)9-10(19-2)7-6-8(16)22-11(7)13(20-3)12(9)21-5-4-15/h6H,4-5,16H2,1-3H3,(H,17,18). The lowest BCUT2D eigenvalue weighted by Crippen LogP contribution is -2.20. The molecule has 2 aromatic rings. The monoisotopic (exact) mass is 328 g/mol. The molecule has 0 unspecified atom stereocenters. The lowest BCUT2D eigenvalue weighted by atomic mass is 10.1. The van der Waals surface area contributed by atoms with Gasteiger partial charge >= 0.3 is 0 Å². The maximum atomic E-state index is 12.3. The van der Waals surface area contributed by atoms with Gasteiger partial charge in [-0.3, -0.25) is 4.79 Å². The summed E-state index contributed by atoms with van der Waals surface area (Å²) in [5.41, 5.74) is 6.24. The number of nitrogens with one attached hydrogen (secondary N) is 1. The third-order valence-corrected chi connectivity index (χ3v) is 3.20. The number of fused-ring (bicyclic) bond motifs is 1. The summed E-state index contributed by atoms with van der Waals surface area (Å²) in [6.07, 6.45) is 0. The third kappa shape index (κ3) is 2.59. The Hall–Kier alpha value is -2.28. The molecule has 22 heavy (non-hydrogen) atoms. The molecule has 0 aliphatic carbocycles. The lowest BCUT2D eigenvalue weighted by molar-refractivity contribution is 0.0955. The van der Waals surface area contributed by atoms with E-state index in [0.29, 0.717) is 16.7 Å². The van der Waals surface area contributed by atoms with Crippen molar-refractivity contribution in [3.05, 3.63) is 11.6 Å². The van der Waals surface area contributed by atoms with Gasteiger partial charge in [-0.1, -0.05) is 0 Å². The Labute approximate surface area is 132 Å². The number of furan rings is 1. The molecule has 1 heterocycles. The second-order valence-corrected chi connectivity index (χ2v) is 4.66. The first-order chi connectivity index (χ1) is 10.6. The molecule has 0 spiro atoms. The molecular formula is C14H17ClN2O5. The number of rotatable bonds is 6. The quantitative estimate of drug-likeness (QED) is 0.787. The van der Waals surface area contributed by atoms with Crippen molar-refractivity contribution in [2.24, 2.45) is 0 Å². The van der Waals surface area contributed by atoms with Gasteiger partial charge in [0.25, 0.3) is 5.91 Å². The molecule has 0 atom stereocenters. The smallest absolute Gasteiger partial charge is 0.258 e. The number of halogens is 1. The van der Waals surface area contributed by atoms with Gasteiger partial charge in [-0.15, -0.1) is 11.6 Å². The Morgan fingerprint density at radius 3 is 2.55 bits per heavy atom. The Morgan fingerprint density at radius 2 is 2.00 bits per heavy atom. The Morgan fingerprint density at radius 1 is 1.32 bits per heavy atom.